The van der Waals surface area contributed by atoms with E-state index in [1.54, 1.807) is 6.07 Å². The van der Waals surface area contributed by atoms with E-state index >= 15 is 0 Å². The molecular formula is C10H11BrFNO. The molecule has 0 bridgehead atoms. The minimum atomic E-state index is -0.445. The molecule has 1 aliphatic carbocycles. The number of aromatic hydroxyl groups is 1. The summed E-state index contributed by atoms with van der Waals surface area (Å²) in [4.78, 5) is 0. The molecule has 2 rings (SSSR count). The van der Waals surface area contributed by atoms with Gasteiger partial charge in [-0.2, -0.15) is 0 Å². The quantitative estimate of drug-likeness (QED) is 0.856. The molecule has 0 aromatic heterocycles. The lowest BCUT2D eigenvalue weighted by Crippen LogP contribution is -2.19. The van der Waals surface area contributed by atoms with E-state index in [4.69, 9.17) is 5.73 Å². The fraction of sp³-hybridized carbons (Fsp3) is 0.400. The van der Waals surface area contributed by atoms with Crippen LogP contribution in [0.15, 0.2) is 16.6 Å². The first-order valence-electron chi connectivity index (χ1n) is 4.48. The number of phenolic OH excluding ortho intramolecular Hbond substituents is 1. The molecule has 0 saturated heterocycles. The zero-order valence-electron chi connectivity index (χ0n) is 7.56. The molecule has 0 heterocycles. The van der Waals surface area contributed by atoms with Crippen molar-refractivity contribution >= 4 is 15.9 Å². The molecule has 3 N–H and O–H groups in total. The number of phenols is 1. The maximum atomic E-state index is 13.0. The van der Waals surface area contributed by atoms with Crippen LogP contribution in [0.5, 0.6) is 5.75 Å². The Bertz CT molecular complexity index is 377. The molecule has 0 unspecified atom stereocenters. The molecule has 1 aromatic carbocycles. The van der Waals surface area contributed by atoms with E-state index in [1.165, 1.54) is 0 Å². The largest absolute Gasteiger partial charge is 0.508 e. The summed E-state index contributed by atoms with van der Waals surface area (Å²) in [6, 6.07) is 2.76. The predicted molar refractivity (Wildman–Crippen MR) is 55.7 cm³/mol. The highest BCUT2D eigenvalue weighted by Crippen LogP contribution is 2.51. The van der Waals surface area contributed by atoms with Crippen LogP contribution < -0.4 is 5.73 Å². The van der Waals surface area contributed by atoms with Crippen LogP contribution in [0.3, 0.4) is 0 Å². The van der Waals surface area contributed by atoms with Gasteiger partial charge in [-0.05, 0) is 34.8 Å². The van der Waals surface area contributed by atoms with Gasteiger partial charge in [0, 0.05) is 23.6 Å². The van der Waals surface area contributed by atoms with Gasteiger partial charge in [0.05, 0.1) is 4.47 Å². The van der Waals surface area contributed by atoms with Crippen LogP contribution in [0.25, 0.3) is 0 Å². The van der Waals surface area contributed by atoms with Gasteiger partial charge in [0.1, 0.15) is 11.6 Å². The normalized spacial score (nSPS) is 18.2. The van der Waals surface area contributed by atoms with Crippen molar-refractivity contribution in [2.75, 3.05) is 6.54 Å². The Balaban J connectivity index is 2.49. The fourth-order valence-electron chi connectivity index (χ4n) is 1.70. The zero-order chi connectivity index (χ0) is 10.3. The first-order valence-corrected chi connectivity index (χ1v) is 5.27. The predicted octanol–water partition coefficient (Wildman–Crippen LogP) is 2.28. The summed E-state index contributed by atoms with van der Waals surface area (Å²) in [5, 5.41) is 9.61. The summed E-state index contributed by atoms with van der Waals surface area (Å²) in [6.07, 6.45) is 1.93. The van der Waals surface area contributed by atoms with Crippen LogP contribution in [0.2, 0.25) is 0 Å². The standard InChI is InChI=1S/C10H11BrFNO/c11-7-3-6(9(14)4-8(7)12)10(5-13)1-2-10/h3-4,14H,1-2,5,13H2. The van der Waals surface area contributed by atoms with E-state index in [1.807, 2.05) is 0 Å². The summed E-state index contributed by atoms with van der Waals surface area (Å²) in [5.74, 6) is -0.437. The topological polar surface area (TPSA) is 46.2 Å². The van der Waals surface area contributed by atoms with Gasteiger partial charge >= 0.3 is 0 Å². The third-order valence-electron chi connectivity index (χ3n) is 2.85. The number of halogens is 2. The summed E-state index contributed by atoms with van der Waals surface area (Å²) >= 11 is 3.10. The first-order chi connectivity index (χ1) is 6.59. The fourth-order valence-corrected chi connectivity index (χ4v) is 2.04. The molecule has 0 aliphatic heterocycles. The lowest BCUT2D eigenvalue weighted by atomic mass is 9.95. The van der Waals surface area contributed by atoms with Crippen molar-refractivity contribution in [2.24, 2.45) is 5.73 Å². The summed E-state index contributed by atoms with van der Waals surface area (Å²) in [7, 11) is 0. The second-order valence-electron chi connectivity index (χ2n) is 3.77. The molecule has 1 saturated carbocycles. The average Bonchev–Trinajstić information content (AvgIpc) is 2.92. The van der Waals surface area contributed by atoms with Crippen LogP contribution in [0.4, 0.5) is 4.39 Å². The Hall–Kier alpha value is -0.610. The van der Waals surface area contributed by atoms with Crippen LogP contribution in [0.1, 0.15) is 18.4 Å². The Morgan fingerprint density at radius 2 is 2.14 bits per heavy atom. The average molecular weight is 260 g/mol. The summed E-state index contributed by atoms with van der Waals surface area (Å²) < 4.78 is 13.4. The lowest BCUT2D eigenvalue weighted by Gasteiger charge is -2.15. The van der Waals surface area contributed by atoms with Crippen molar-refractivity contribution in [1.29, 1.82) is 0 Å². The second kappa shape index (κ2) is 3.21. The highest BCUT2D eigenvalue weighted by atomic mass is 79.9. The third kappa shape index (κ3) is 1.42. The smallest absolute Gasteiger partial charge is 0.141 e. The number of rotatable bonds is 2. The maximum absolute atomic E-state index is 13.0. The Kier molecular flexibility index (Phi) is 2.27. The second-order valence-corrected chi connectivity index (χ2v) is 4.62. The van der Waals surface area contributed by atoms with Gasteiger partial charge in [-0.25, -0.2) is 4.39 Å². The minimum absolute atomic E-state index is 0.00801. The van der Waals surface area contributed by atoms with Crippen LogP contribution in [-0.2, 0) is 5.41 Å². The molecule has 0 radical (unpaired) electrons. The molecule has 4 heteroatoms. The van der Waals surface area contributed by atoms with Gasteiger partial charge in [0.15, 0.2) is 0 Å². The van der Waals surface area contributed by atoms with Crippen LogP contribution >= 0.6 is 15.9 Å². The molecule has 1 aromatic rings. The summed E-state index contributed by atoms with van der Waals surface area (Å²) in [5.41, 5.74) is 6.28. The third-order valence-corrected chi connectivity index (χ3v) is 3.46. The van der Waals surface area contributed by atoms with E-state index < -0.39 is 5.82 Å². The molecule has 0 amide bonds. The summed E-state index contributed by atoms with van der Waals surface area (Å²) in [6.45, 7) is 0.499. The molecule has 2 nitrogen and oxygen atoms in total. The number of nitrogens with two attached hydrogens (primary N) is 1. The van der Waals surface area contributed by atoms with Crippen LogP contribution in [0, 0.1) is 5.82 Å². The highest BCUT2D eigenvalue weighted by molar-refractivity contribution is 9.10. The van der Waals surface area contributed by atoms with Gasteiger partial charge in [-0.15, -0.1) is 0 Å². The minimum Gasteiger partial charge on any atom is -0.508 e. The van der Waals surface area contributed by atoms with Crippen molar-refractivity contribution in [2.45, 2.75) is 18.3 Å². The Morgan fingerprint density at radius 1 is 1.50 bits per heavy atom. The number of hydrogen-bond acceptors (Lipinski definition) is 2. The Morgan fingerprint density at radius 3 is 2.64 bits per heavy atom. The van der Waals surface area contributed by atoms with E-state index in [2.05, 4.69) is 15.9 Å². The molecule has 14 heavy (non-hydrogen) atoms. The number of benzene rings is 1. The lowest BCUT2D eigenvalue weighted by molar-refractivity contribution is 0.452. The van der Waals surface area contributed by atoms with Crippen molar-refractivity contribution < 1.29 is 9.50 Å². The van der Waals surface area contributed by atoms with Crippen molar-refractivity contribution in [3.63, 3.8) is 0 Å². The van der Waals surface area contributed by atoms with Gasteiger partial charge < -0.3 is 10.8 Å². The Labute approximate surface area is 90.1 Å². The number of hydrogen-bond donors (Lipinski definition) is 2. The van der Waals surface area contributed by atoms with E-state index in [0.717, 1.165) is 24.5 Å². The highest BCUT2D eigenvalue weighted by Gasteiger charge is 2.44. The molecule has 0 spiro atoms. The van der Waals surface area contributed by atoms with Crippen molar-refractivity contribution in [1.82, 2.24) is 0 Å². The monoisotopic (exact) mass is 259 g/mol. The molecule has 1 fully saturated rings. The van der Waals surface area contributed by atoms with Gasteiger partial charge in [0.25, 0.3) is 0 Å². The molecular weight excluding hydrogens is 249 g/mol. The van der Waals surface area contributed by atoms with Crippen molar-refractivity contribution in [3.8, 4) is 5.75 Å². The van der Waals surface area contributed by atoms with Gasteiger partial charge in [0.2, 0.25) is 0 Å². The van der Waals surface area contributed by atoms with Gasteiger partial charge in [-0.1, -0.05) is 0 Å². The van der Waals surface area contributed by atoms with Crippen molar-refractivity contribution in [3.05, 3.63) is 28.0 Å². The van der Waals surface area contributed by atoms with Crippen LogP contribution in [-0.4, -0.2) is 11.7 Å². The zero-order valence-corrected chi connectivity index (χ0v) is 9.14. The first kappa shape index (κ1) is 9.93. The van der Waals surface area contributed by atoms with Gasteiger partial charge in [-0.3, -0.25) is 0 Å². The molecule has 1 aliphatic rings. The molecule has 76 valence electrons. The van der Waals surface area contributed by atoms with E-state index in [0.29, 0.717) is 11.0 Å². The SMILES string of the molecule is NCC1(c2cc(Br)c(F)cc2O)CC1. The van der Waals surface area contributed by atoms with E-state index in [9.17, 15) is 9.50 Å². The molecule has 0 atom stereocenters. The van der Waals surface area contributed by atoms with E-state index in [-0.39, 0.29) is 11.2 Å². The maximum Gasteiger partial charge on any atom is 0.141 e.